The zero-order valence-electron chi connectivity index (χ0n) is 14.5. The molecule has 1 aromatic carbocycles. The lowest BCUT2D eigenvalue weighted by atomic mass is 10.2. The number of ether oxygens (including phenoxy) is 2. The van der Waals surface area contributed by atoms with Crippen molar-refractivity contribution in [1.29, 1.82) is 0 Å². The highest BCUT2D eigenvalue weighted by Crippen LogP contribution is 2.28. The van der Waals surface area contributed by atoms with Crippen molar-refractivity contribution in [3.05, 3.63) is 28.3 Å². The van der Waals surface area contributed by atoms with E-state index in [-0.39, 0.29) is 30.2 Å². The van der Waals surface area contributed by atoms with E-state index in [9.17, 15) is 19.7 Å². The highest BCUT2D eigenvalue weighted by Gasteiger charge is 2.16. The van der Waals surface area contributed by atoms with Gasteiger partial charge in [-0.2, -0.15) is 0 Å². The van der Waals surface area contributed by atoms with E-state index in [2.05, 4.69) is 16.0 Å². The van der Waals surface area contributed by atoms with E-state index in [1.165, 1.54) is 25.3 Å². The molecule has 1 rings (SSSR count). The van der Waals surface area contributed by atoms with Gasteiger partial charge in [0.05, 0.1) is 17.7 Å². The third kappa shape index (κ3) is 7.38. The SMILES string of the molecule is COc1ccc([N+](=O)[O-])cc1NC(=O)NCCNC(=O)OC(C)(C)C. The summed E-state index contributed by atoms with van der Waals surface area (Å²) < 4.78 is 10.1. The lowest BCUT2D eigenvalue weighted by molar-refractivity contribution is -0.384. The summed E-state index contributed by atoms with van der Waals surface area (Å²) in [5.74, 6) is 0.285. The van der Waals surface area contributed by atoms with Crippen LogP contribution in [0.4, 0.5) is 21.0 Å². The Morgan fingerprint density at radius 1 is 1.20 bits per heavy atom. The number of anilines is 1. The van der Waals surface area contributed by atoms with Crippen molar-refractivity contribution < 1.29 is 24.0 Å². The molecule has 0 saturated heterocycles. The zero-order chi connectivity index (χ0) is 19.0. The Kier molecular flexibility index (Phi) is 6.97. The molecule has 10 heteroatoms. The van der Waals surface area contributed by atoms with Crippen molar-refractivity contribution in [3.63, 3.8) is 0 Å². The first-order valence-corrected chi connectivity index (χ1v) is 7.46. The molecule has 0 aliphatic rings. The van der Waals surface area contributed by atoms with E-state index in [1.54, 1.807) is 20.8 Å². The molecule has 0 atom stereocenters. The summed E-state index contributed by atoms with van der Waals surface area (Å²) in [6.45, 7) is 5.52. The first-order valence-electron chi connectivity index (χ1n) is 7.46. The molecule has 25 heavy (non-hydrogen) atoms. The Morgan fingerprint density at radius 3 is 2.40 bits per heavy atom. The third-order valence-corrected chi connectivity index (χ3v) is 2.72. The minimum atomic E-state index is -0.604. The second-order valence-electron chi connectivity index (χ2n) is 5.95. The molecular formula is C15H22N4O6. The predicted molar refractivity (Wildman–Crippen MR) is 90.9 cm³/mol. The molecule has 1 aromatic rings. The summed E-state index contributed by atoms with van der Waals surface area (Å²) in [5.41, 5.74) is -0.620. The molecule has 0 unspecified atom stereocenters. The lowest BCUT2D eigenvalue weighted by Gasteiger charge is -2.19. The average molecular weight is 354 g/mol. The van der Waals surface area contributed by atoms with Gasteiger partial charge in [0, 0.05) is 25.2 Å². The number of benzene rings is 1. The Morgan fingerprint density at radius 2 is 1.84 bits per heavy atom. The van der Waals surface area contributed by atoms with Gasteiger partial charge in [0.2, 0.25) is 0 Å². The van der Waals surface area contributed by atoms with E-state index in [1.807, 2.05) is 0 Å². The van der Waals surface area contributed by atoms with Gasteiger partial charge in [0.1, 0.15) is 11.4 Å². The molecule has 138 valence electrons. The van der Waals surface area contributed by atoms with E-state index in [0.29, 0.717) is 0 Å². The van der Waals surface area contributed by atoms with Gasteiger partial charge in [-0.1, -0.05) is 0 Å². The molecule has 0 radical (unpaired) electrons. The molecule has 0 heterocycles. The van der Waals surface area contributed by atoms with Crippen molar-refractivity contribution in [2.45, 2.75) is 26.4 Å². The standard InChI is InChI=1S/C15H22N4O6/c1-15(2,3)25-14(21)17-8-7-16-13(20)18-11-9-10(19(22)23)5-6-12(11)24-4/h5-6,9H,7-8H2,1-4H3,(H,17,21)(H2,16,18,20). The van der Waals surface area contributed by atoms with Crippen molar-refractivity contribution in [2.24, 2.45) is 0 Å². The Hall–Kier alpha value is -3.04. The van der Waals surface area contributed by atoms with Crippen LogP contribution in [0, 0.1) is 10.1 Å². The maximum absolute atomic E-state index is 11.8. The van der Waals surface area contributed by atoms with Gasteiger partial charge < -0.3 is 25.4 Å². The van der Waals surface area contributed by atoms with Gasteiger partial charge >= 0.3 is 12.1 Å². The molecule has 10 nitrogen and oxygen atoms in total. The Balaban J connectivity index is 2.48. The first-order chi connectivity index (χ1) is 11.6. The van der Waals surface area contributed by atoms with Crippen LogP contribution < -0.4 is 20.7 Å². The number of carbonyl (C=O) groups excluding carboxylic acids is 2. The van der Waals surface area contributed by atoms with Crippen molar-refractivity contribution in [1.82, 2.24) is 10.6 Å². The van der Waals surface area contributed by atoms with Crippen LogP contribution in [-0.4, -0.2) is 42.8 Å². The fraction of sp³-hybridized carbons (Fsp3) is 0.467. The maximum atomic E-state index is 11.8. The molecule has 0 bridgehead atoms. The molecule has 0 aliphatic heterocycles. The summed E-state index contributed by atoms with van der Waals surface area (Å²) in [6.07, 6.45) is -0.588. The molecule has 0 aliphatic carbocycles. The topological polar surface area (TPSA) is 132 Å². The highest BCUT2D eigenvalue weighted by molar-refractivity contribution is 5.91. The van der Waals surface area contributed by atoms with Gasteiger partial charge in [0.25, 0.3) is 5.69 Å². The molecule has 3 N–H and O–H groups in total. The fourth-order valence-electron chi connectivity index (χ4n) is 1.73. The second-order valence-corrected chi connectivity index (χ2v) is 5.95. The zero-order valence-corrected chi connectivity index (χ0v) is 14.5. The molecule has 0 spiro atoms. The monoisotopic (exact) mass is 354 g/mol. The van der Waals surface area contributed by atoms with Gasteiger partial charge in [0.15, 0.2) is 0 Å². The predicted octanol–water partition coefficient (Wildman–Crippen LogP) is 2.25. The van der Waals surface area contributed by atoms with Crippen LogP contribution in [-0.2, 0) is 4.74 Å². The highest BCUT2D eigenvalue weighted by atomic mass is 16.6. The van der Waals surface area contributed by atoms with Crippen molar-refractivity contribution >= 4 is 23.5 Å². The van der Waals surface area contributed by atoms with Gasteiger partial charge in [-0.3, -0.25) is 10.1 Å². The second kappa shape index (κ2) is 8.71. The molecular weight excluding hydrogens is 332 g/mol. The number of hydrogen-bond donors (Lipinski definition) is 3. The number of alkyl carbamates (subject to hydrolysis) is 1. The fourth-order valence-corrected chi connectivity index (χ4v) is 1.73. The quantitative estimate of drug-likeness (QED) is 0.408. The molecule has 0 fully saturated rings. The minimum absolute atomic E-state index is 0.141. The number of non-ortho nitro benzene ring substituents is 1. The van der Waals surface area contributed by atoms with Crippen LogP contribution in [0.1, 0.15) is 20.8 Å². The van der Waals surface area contributed by atoms with Crippen LogP contribution in [0.25, 0.3) is 0 Å². The third-order valence-electron chi connectivity index (χ3n) is 2.72. The molecule has 3 amide bonds. The van der Waals surface area contributed by atoms with Crippen molar-refractivity contribution in [3.8, 4) is 5.75 Å². The number of hydrogen-bond acceptors (Lipinski definition) is 6. The largest absolute Gasteiger partial charge is 0.495 e. The number of urea groups is 1. The van der Waals surface area contributed by atoms with Crippen LogP contribution in [0.15, 0.2) is 18.2 Å². The summed E-state index contributed by atoms with van der Waals surface area (Å²) in [4.78, 5) is 33.5. The molecule has 0 saturated carbocycles. The van der Waals surface area contributed by atoms with E-state index >= 15 is 0 Å². The van der Waals surface area contributed by atoms with E-state index in [4.69, 9.17) is 9.47 Å². The first kappa shape index (κ1) is 20.0. The Labute approximate surface area is 145 Å². The van der Waals surface area contributed by atoms with Gasteiger partial charge in [-0.25, -0.2) is 9.59 Å². The molecule has 0 aromatic heterocycles. The van der Waals surface area contributed by atoms with Gasteiger partial charge in [-0.05, 0) is 26.8 Å². The van der Waals surface area contributed by atoms with Crippen LogP contribution in [0.5, 0.6) is 5.75 Å². The number of nitrogens with one attached hydrogen (secondary N) is 3. The number of nitrogens with zero attached hydrogens (tertiary/aromatic N) is 1. The van der Waals surface area contributed by atoms with E-state index in [0.717, 1.165) is 0 Å². The lowest BCUT2D eigenvalue weighted by Crippen LogP contribution is -2.39. The summed E-state index contributed by atoms with van der Waals surface area (Å²) in [6, 6.07) is 3.26. The van der Waals surface area contributed by atoms with Crippen molar-refractivity contribution in [2.75, 3.05) is 25.5 Å². The van der Waals surface area contributed by atoms with Crippen LogP contribution in [0.2, 0.25) is 0 Å². The number of methoxy groups -OCH3 is 1. The number of nitro benzene ring substituents is 1. The average Bonchev–Trinajstić information content (AvgIpc) is 2.49. The smallest absolute Gasteiger partial charge is 0.407 e. The normalized spacial score (nSPS) is 10.6. The van der Waals surface area contributed by atoms with Crippen LogP contribution >= 0.6 is 0 Å². The van der Waals surface area contributed by atoms with Gasteiger partial charge in [-0.15, -0.1) is 0 Å². The number of rotatable bonds is 6. The summed E-state index contributed by atoms with van der Waals surface area (Å²) in [5, 5.41) is 18.2. The number of carbonyl (C=O) groups is 2. The van der Waals surface area contributed by atoms with E-state index < -0.39 is 22.6 Å². The Bertz CT molecular complexity index is 641. The minimum Gasteiger partial charge on any atom is -0.495 e. The number of nitro groups is 1. The summed E-state index contributed by atoms with van der Waals surface area (Å²) in [7, 11) is 1.38. The van der Waals surface area contributed by atoms with Crippen LogP contribution in [0.3, 0.4) is 0 Å². The number of amides is 3. The summed E-state index contributed by atoms with van der Waals surface area (Å²) >= 11 is 0. The maximum Gasteiger partial charge on any atom is 0.407 e.